The maximum Gasteiger partial charge on any atom is 0.235 e. The van der Waals surface area contributed by atoms with Gasteiger partial charge in [0.05, 0.1) is 0 Å². The Morgan fingerprint density at radius 3 is 2.57 bits per heavy atom. The SMILES string of the molecule is C=C1C=C[C](C(=O)NCCNC(C)(C)C)C=C1/C(C)=C/C.[HH].[HH]. The zero-order valence-electron chi connectivity index (χ0n) is 13.8. The van der Waals surface area contributed by atoms with E-state index >= 15 is 0 Å². The summed E-state index contributed by atoms with van der Waals surface area (Å²) in [5.41, 5.74) is 3.16. The lowest BCUT2D eigenvalue weighted by Gasteiger charge is -2.21. The van der Waals surface area contributed by atoms with E-state index in [-0.39, 0.29) is 14.3 Å². The predicted molar refractivity (Wildman–Crippen MR) is 94.0 cm³/mol. The zero-order valence-corrected chi connectivity index (χ0v) is 13.8. The molecule has 0 aliphatic heterocycles. The van der Waals surface area contributed by atoms with Crippen LogP contribution in [-0.2, 0) is 4.79 Å². The first-order chi connectivity index (χ1) is 9.74. The molecule has 0 fully saturated rings. The van der Waals surface area contributed by atoms with Gasteiger partial charge in [-0.1, -0.05) is 30.9 Å². The van der Waals surface area contributed by atoms with Gasteiger partial charge in [-0.25, -0.2) is 0 Å². The fraction of sp³-hybridized carbons (Fsp3) is 0.444. The molecule has 0 saturated heterocycles. The highest BCUT2D eigenvalue weighted by atomic mass is 16.1. The van der Waals surface area contributed by atoms with Crippen LogP contribution in [0.5, 0.6) is 0 Å². The Kier molecular flexibility index (Phi) is 6.16. The van der Waals surface area contributed by atoms with Gasteiger partial charge in [-0.15, -0.1) is 0 Å². The summed E-state index contributed by atoms with van der Waals surface area (Å²) in [7, 11) is 0. The first kappa shape index (κ1) is 17.4. The number of rotatable bonds is 5. The highest BCUT2D eigenvalue weighted by Crippen LogP contribution is 2.27. The molecule has 1 radical (unpaired) electrons. The van der Waals surface area contributed by atoms with Crippen molar-refractivity contribution >= 4 is 5.91 Å². The standard InChI is InChI=1S/C18H27N2O.2H2/c1-7-13(2)16-12-15(9-8-14(16)3)17(21)19-10-11-20-18(4,5)6;;/h7-9,12,20H,3,10-11H2,1-2,4-6H3,(H,19,21);2*1H/b13-7+;;. The van der Waals surface area contributed by atoms with Crippen LogP contribution in [0.4, 0.5) is 0 Å². The molecule has 0 atom stereocenters. The molecule has 0 aromatic carbocycles. The van der Waals surface area contributed by atoms with E-state index in [1.54, 1.807) is 0 Å². The third-order valence-electron chi connectivity index (χ3n) is 3.30. The highest BCUT2D eigenvalue weighted by molar-refractivity contribution is 5.96. The summed E-state index contributed by atoms with van der Waals surface area (Å²) in [6.07, 6.45) is 7.65. The molecule has 2 N–H and O–H groups in total. The Hall–Kier alpha value is -1.61. The van der Waals surface area contributed by atoms with E-state index in [0.29, 0.717) is 12.5 Å². The van der Waals surface area contributed by atoms with Gasteiger partial charge in [0, 0.05) is 21.5 Å². The van der Waals surface area contributed by atoms with Crippen molar-refractivity contribution in [3.8, 4) is 0 Å². The molecule has 1 aliphatic rings. The molecular formula is C18H31N2O. The van der Waals surface area contributed by atoms with E-state index in [1.807, 2.05) is 38.2 Å². The van der Waals surface area contributed by atoms with Crippen molar-refractivity contribution < 1.29 is 7.65 Å². The second-order valence-corrected chi connectivity index (χ2v) is 6.28. The van der Waals surface area contributed by atoms with Crippen molar-refractivity contribution in [2.75, 3.05) is 13.1 Å². The number of carbonyl (C=O) groups is 1. The first-order valence-corrected chi connectivity index (χ1v) is 7.37. The quantitative estimate of drug-likeness (QED) is 0.760. The molecular weight excluding hydrogens is 260 g/mol. The van der Waals surface area contributed by atoms with Crippen LogP contribution in [0.25, 0.3) is 0 Å². The number of carbonyl (C=O) groups excluding carboxylic acids is 1. The van der Waals surface area contributed by atoms with Gasteiger partial charge in [-0.3, -0.25) is 4.79 Å². The molecule has 0 unspecified atom stereocenters. The first-order valence-electron chi connectivity index (χ1n) is 7.37. The van der Waals surface area contributed by atoms with E-state index in [4.69, 9.17) is 0 Å². The minimum Gasteiger partial charge on any atom is -0.354 e. The maximum absolute atomic E-state index is 12.2. The normalized spacial score (nSPS) is 16.9. The molecule has 21 heavy (non-hydrogen) atoms. The molecule has 1 amide bonds. The van der Waals surface area contributed by atoms with E-state index in [0.717, 1.165) is 23.3 Å². The van der Waals surface area contributed by atoms with Gasteiger partial charge in [0.15, 0.2) is 0 Å². The van der Waals surface area contributed by atoms with Gasteiger partial charge in [-0.05, 0) is 51.3 Å². The average molecular weight is 291 g/mol. The number of hydrogen-bond acceptors (Lipinski definition) is 2. The second kappa shape index (κ2) is 7.41. The minimum atomic E-state index is -0.0455. The summed E-state index contributed by atoms with van der Waals surface area (Å²) in [5, 5.41) is 6.28. The van der Waals surface area contributed by atoms with Crippen LogP contribution in [0.3, 0.4) is 0 Å². The van der Waals surface area contributed by atoms with Crippen molar-refractivity contribution in [2.24, 2.45) is 0 Å². The third-order valence-corrected chi connectivity index (χ3v) is 3.30. The second-order valence-electron chi connectivity index (χ2n) is 6.28. The topological polar surface area (TPSA) is 41.1 Å². The average Bonchev–Trinajstić information content (AvgIpc) is 2.42. The molecule has 0 saturated carbocycles. The van der Waals surface area contributed by atoms with Gasteiger partial charge < -0.3 is 10.6 Å². The van der Waals surface area contributed by atoms with Gasteiger partial charge in [-0.2, -0.15) is 0 Å². The zero-order chi connectivity index (χ0) is 16.0. The van der Waals surface area contributed by atoms with E-state index in [1.165, 1.54) is 0 Å². The van der Waals surface area contributed by atoms with Gasteiger partial charge in [0.1, 0.15) is 5.92 Å². The van der Waals surface area contributed by atoms with Gasteiger partial charge in [0.2, 0.25) is 5.91 Å². The Balaban J connectivity index is 0. The molecule has 1 rings (SSSR count). The summed E-state index contributed by atoms with van der Waals surface area (Å²) in [6, 6.07) is 0. The van der Waals surface area contributed by atoms with Crippen LogP contribution >= 0.6 is 0 Å². The summed E-state index contributed by atoms with van der Waals surface area (Å²) >= 11 is 0. The fourth-order valence-corrected chi connectivity index (χ4v) is 1.96. The third kappa shape index (κ3) is 5.72. The Bertz CT molecular complexity index is 496. The van der Waals surface area contributed by atoms with Crippen LogP contribution < -0.4 is 10.6 Å². The number of hydrogen-bond donors (Lipinski definition) is 2. The monoisotopic (exact) mass is 291 g/mol. The lowest BCUT2D eigenvalue weighted by atomic mass is 9.89. The summed E-state index contributed by atoms with van der Waals surface area (Å²) in [4.78, 5) is 12.2. The molecule has 0 heterocycles. The lowest BCUT2D eigenvalue weighted by Crippen LogP contribution is -2.42. The van der Waals surface area contributed by atoms with Crippen molar-refractivity contribution in [3.05, 3.63) is 53.5 Å². The Labute approximate surface area is 131 Å². The van der Waals surface area contributed by atoms with Crippen LogP contribution in [0, 0.1) is 5.92 Å². The van der Waals surface area contributed by atoms with E-state index in [2.05, 4.69) is 38.0 Å². The van der Waals surface area contributed by atoms with Crippen molar-refractivity contribution in [1.82, 2.24) is 10.6 Å². The Morgan fingerprint density at radius 1 is 1.33 bits per heavy atom. The molecule has 0 aromatic heterocycles. The Morgan fingerprint density at radius 2 is 2.00 bits per heavy atom. The van der Waals surface area contributed by atoms with Gasteiger partial charge in [0.25, 0.3) is 0 Å². The number of allylic oxidation sites excluding steroid dienone is 5. The van der Waals surface area contributed by atoms with Crippen LogP contribution in [0.15, 0.2) is 47.6 Å². The highest BCUT2D eigenvalue weighted by Gasteiger charge is 2.19. The molecule has 0 aromatic rings. The molecule has 1 aliphatic carbocycles. The number of amides is 1. The predicted octanol–water partition coefficient (Wildman–Crippen LogP) is 3.58. The van der Waals surface area contributed by atoms with Crippen molar-refractivity contribution in [1.29, 1.82) is 0 Å². The van der Waals surface area contributed by atoms with E-state index in [9.17, 15) is 4.79 Å². The van der Waals surface area contributed by atoms with Crippen molar-refractivity contribution in [3.63, 3.8) is 0 Å². The van der Waals surface area contributed by atoms with Crippen molar-refractivity contribution in [2.45, 2.75) is 40.2 Å². The largest absolute Gasteiger partial charge is 0.354 e. The minimum absolute atomic E-state index is 0. The summed E-state index contributed by atoms with van der Waals surface area (Å²) in [6.45, 7) is 15.7. The van der Waals surface area contributed by atoms with Gasteiger partial charge >= 0.3 is 0 Å². The lowest BCUT2D eigenvalue weighted by molar-refractivity contribution is -0.118. The molecule has 0 spiro atoms. The summed E-state index contributed by atoms with van der Waals surface area (Å²) in [5.74, 6) is 0.630. The molecule has 3 heteroatoms. The van der Waals surface area contributed by atoms with Crippen LogP contribution in [-0.4, -0.2) is 24.5 Å². The number of nitrogens with one attached hydrogen (secondary N) is 2. The fourth-order valence-electron chi connectivity index (χ4n) is 1.96. The van der Waals surface area contributed by atoms with Crippen LogP contribution in [0.1, 0.15) is 37.5 Å². The molecule has 3 nitrogen and oxygen atoms in total. The molecule has 0 bridgehead atoms. The maximum atomic E-state index is 12.2. The van der Waals surface area contributed by atoms with E-state index < -0.39 is 0 Å². The van der Waals surface area contributed by atoms with Crippen LogP contribution in [0.2, 0.25) is 0 Å². The summed E-state index contributed by atoms with van der Waals surface area (Å²) < 4.78 is 0. The molecule has 119 valence electrons. The smallest absolute Gasteiger partial charge is 0.235 e.